The van der Waals surface area contributed by atoms with Crippen molar-refractivity contribution >= 4 is 77.3 Å². The van der Waals surface area contributed by atoms with E-state index in [4.69, 9.17) is 68.5 Å². The van der Waals surface area contributed by atoms with Crippen molar-refractivity contribution in [3.63, 3.8) is 0 Å². The Morgan fingerprint density at radius 2 is 1.41 bits per heavy atom. The number of allylic oxidation sites excluding steroid dienone is 6. The monoisotopic (exact) mass is 1400 g/mol. The molecule has 30 heteroatoms. The number of nitrogens with one attached hydrogen (secondary N) is 2. The molecule has 2 fully saturated rings. The minimum Gasteiger partial charge on any atom is -0.756 e. The number of rotatable bonds is 28. The van der Waals surface area contributed by atoms with Gasteiger partial charge in [-0.25, -0.2) is 4.98 Å². The average Bonchev–Trinajstić information content (AvgIpc) is 1.53. The number of fused-ring (bicyclic) bond motifs is 7. The number of nitrogens with two attached hydrogens (primary N) is 6. The largest absolute Gasteiger partial charge is 2.00 e. The Bertz CT molecular complexity index is 3600. The first kappa shape index (κ1) is 78.5. The number of hydrogen-bond donors (Lipinski definition) is 10. The van der Waals surface area contributed by atoms with Crippen molar-refractivity contribution in [3.05, 3.63) is 76.1 Å². The van der Waals surface area contributed by atoms with Crippen molar-refractivity contribution in [1.82, 2.24) is 20.2 Å². The van der Waals surface area contributed by atoms with E-state index in [1.54, 1.807) is 6.92 Å². The van der Waals surface area contributed by atoms with Crippen LogP contribution in [0.4, 0.5) is 0 Å². The maximum atomic E-state index is 14.4. The van der Waals surface area contributed by atoms with Crippen LogP contribution < -0.4 is 49.9 Å². The van der Waals surface area contributed by atoms with Gasteiger partial charge in [-0.1, -0.05) is 40.7 Å². The summed E-state index contributed by atoms with van der Waals surface area (Å²) in [5.74, 6) is -7.40. The minimum absolute atomic E-state index is 0. The Morgan fingerprint density at radius 1 is 0.812 bits per heavy atom. The van der Waals surface area contributed by atoms with E-state index in [2.05, 4.69) is 22.5 Å². The summed E-state index contributed by atoms with van der Waals surface area (Å²) >= 11 is 0. The Kier molecular flexibility index (Phi) is 25.1. The third-order valence-electron chi connectivity index (χ3n) is 20.9. The first-order chi connectivity index (χ1) is 44.2. The molecule has 8 rings (SSSR count). The predicted molar refractivity (Wildman–Crippen MR) is 356 cm³/mol. The number of hydrogen-bond acceptors (Lipinski definition) is 19. The zero-order chi connectivity index (χ0) is 70.8. The number of amides is 7. The topological polar surface area (TPSA) is 477 Å². The number of aryl methyl sites for hydroxylation is 2. The van der Waals surface area contributed by atoms with Crippen LogP contribution in [0.2, 0.25) is 0 Å². The fraction of sp³-hybridized carbons (Fsp3) is 0.636. The summed E-state index contributed by atoms with van der Waals surface area (Å²) in [5.41, 5.74) is 36.7. The van der Waals surface area contributed by atoms with Gasteiger partial charge in [0, 0.05) is 108 Å². The van der Waals surface area contributed by atoms with Crippen LogP contribution in [-0.4, -0.2) is 141 Å². The zero-order valence-corrected chi connectivity index (χ0v) is 59.1. The number of carbonyl (C=O) groups is 7. The second kappa shape index (κ2) is 30.7. The van der Waals surface area contributed by atoms with Gasteiger partial charge in [-0.05, 0) is 133 Å². The molecular weight excluding hydrogens is 1300 g/mol. The third-order valence-corrected chi connectivity index (χ3v) is 22.0. The number of aromatic nitrogens is 2. The maximum absolute atomic E-state index is 14.4. The van der Waals surface area contributed by atoms with Crippen molar-refractivity contribution in [2.45, 2.75) is 195 Å². The Balaban J connectivity index is 0.00000234. The molecule has 1 radical (unpaired) electrons. The van der Waals surface area contributed by atoms with Gasteiger partial charge in [0.25, 0.3) is 7.82 Å². The zero-order valence-electron chi connectivity index (χ0n) is 57.1. The molecular formula is C66H98CoN14O14P-. The fourth-order valence-electron chi connectivity index (χ4n) is 15.5. The quantitative estimate of drug-likeness (QED) is 0.0428. The number of primary amides is 6. The Morgan fingerprint density at radius 3 is 1.96 bits per heavy atom. The van der Waals surface area contributed by atoms with Crippen molar-refractivity contribution < 1.29 is 83.8 Å². The van der Waals surface area contributed by atoms with Crippen molar-refractivity contribution in [3.8, 4) is 0 Å². The summed E-state index contributed by atoms with van der Waals surface area (Å²) in [5, 5.41) is 33.1. The van der Waals surface area contributed by atoms with E-state index in [0.29, 0.717) is 56.4 Å². The van der Waals surface area contributed by atoms with Gasteiger partial charge in [-0.3, -0.25) is 53.1 Å². The number of phosphoric ester groups is 1. The van der Waals surface area contributed by atoms with Gasteiger partial charge in [0.1, 0.15) is 18.3 Å². The number of nitrogens with zero attached hydrogens (tertiary/aromatic N) is 6. The van der Waals surface area contributed by atoms with Crippen LogP contribution in [0.25, 0.3) is 16.4 Å². The number of ether oxygens (including phenoxy) is 1. The molecule has 0 aliphatic carbocycles. The maximum Gasteiger partial charge on any atom is 2.00 e. The van der Waals surface area contributed by atoms with E-state index in [9.17, 15) is 53.2 Å². The number of carbonyl (C=O) groups excluding carboxylic acids is 7. The van der Waals surface area contributed by atoms with E-state index < -0.39 is 143 Å². The van der Waals surface area contributed by atoms with Crippen LogP contribution in [0.3, 0.4) is 0 Å². The van der Waals surface area contributed by atoms with Gasteiger partial charge in [0.2, 0.25) is 41.4 Å². The summed E-state index contributed by atoms with van der Waals surface area (Å²) in [6.07, 6.45) is -3.81. The van der Waals surface area contributed by atoms with Gasteiger partial charge in [-0.15, -0.1) is 0 Å². The second-order valence-corrected chi connectivity index (χ2v) is 29.3. The predicted octanol–water partition coefficient (Wildman–Crippen LogP) is 3.74. The smallest absolute Gasteiger partial charge is 0.756 e. The molecule has 1 aromatic carbocycles. The normalized spacial score (nSPS) is 32.5. The molecule has 7 heterocycles. The van der Waals surface area contributed by atoms with E-state index in [0.717, 1.165) is 24.1 Å². The van der Waals surface area contributed by atoms with Crippen molar-refractivity contribution in [1.29, 1.82) is 0 Å². The SMILES string of the molecule is C/C1=C2N=C(/C=C3N=C(/C(C)=C4\[N-]C(C(CC(N)=O)C4(C)CCC(=O)NCC(C)OP(=O)([O-])OC4C(CO)OC(n5cnc6cc(C)c(C)cc65)C4O)C4(C)N=C1C(CCC(N)=O)C4(C)CC(N)=O)C(CCC(N)=O)C\3(C)C)C(CCC(N)=O)C/2(C)CC(N)=O.[CH2-]CCNC.[Co+2]. The van der Waals surface area contributed by atoms with E-state index in [1.807, 2.05) is 87.6 Å². The minimum atomic E-state index is -5.32. The van der Waals surface area contributed by atoms with Crippen molar-refractivity contribution in [2.24, 2.45) is 94.7 Å². The third kappa shape index (κ3) is 16.0. The van der Waals surface area contributed by atoms with E-state index in [-0.39, 0.29) is 94.0 Å². The molecule has 15 atom stereocenters. The Labute approximate surface area is 571 Å². The number of aliphatic imine (C=N–C) groups is 3. The van der Waals surface area contributed by atoms with Crippen LogP contribution in [0, 0.1) is 66.1 Å². The molecule has 0 saturated carbocycles. The van der Waals surface area contributed by atoms with Gasteiger partial charge in [0.05, 0.1) is 41.3 Å². The summed E-state index contributed by atoms with van der Waals surface area (Å²) in [6.45, 7) is 23.6. The number of aliphatic hydroxyl groups is 2. The molecule has 96 heavy (non-hydrogen) atoms. The number of imidazole rings is 1. The first-order valence-electron chi connectivity index (χ1n) is 32.3. The summed E-state index contributed by atoms with van der Waals surface area (Å²) in [6, 6.07) is 2.65. The molecule has 531 valence electrons. The molecule has 15 unspecified atom stereocenters. The standard InChI is InChI=1S/C62H90N13O14P.C4H10N.Co/c1-29-20-39-40(21-30(29)2)75(28-70-39)57-52(84)53(41(27-76)87-57)89-90(85,86)88-31(3)26-69-49(83)18-19-59(8)37(22-46(66)80)56-62(11)61(10,25-48(68)82)36(14-17-45(65)79)51(74-62)33(5)55-60(9,24-47(67)81)34(12-15-43(63)77)38(71-55)23-42-58(6,7)35(13-16-44(64)78)50(72-42)32(4)54(59)73-56;1-3-4-5-2;/h20-21,23,28,31,34-37,41,52-53,56-57,76,84H,12-19,22,24-27H2,1-11H3,(H15,63,64,65,66,67,68,69,71,72,73,74,77,78,79,80,81,82,83,85,86);5H,1,3-4H2,2H3;/q;-1;+2/p-2. The molecule has 6 aliphatic rings. The van der Waals surface area contributed by atoms with Gasteiger partial charge >= 0.3 is 16.8 Å². The number of aliphatic hydroxyl groups excluding tert-OH is 2. The first-order valence-corrected chi connectivity index (χ1v) is 33.8. The fourth-order valence-corrected chi connectivity index (χ4v) is 16.6. The molecule has 6 aliphatic heterocycles. The average molecular weight is 1400 g/mol. The summed E-state index contributed by atoms with van der Waals surface area (Å²) in [4.78, 5) is 128. The molecule has 0 spiro atoms. The molecule has 1 aromatic heterocycles. The molecule has 8 bridgehead atoms. The van der Waals surface area contributed by atoms with Crippen LogP contribution in [0.5, 0.6) is 0 Å². The molecule has 16 N–H and O–H groups in total. The van der Waals surface area contributed by atoms with Crippen LogP contribution >= 0.6 is 7.82 Å². The summed E-state index contributed by atoms with van der Waals surface area (Å²) < 4.78 is 31.9. The molecule has 2 saturated heterocycles. The van der Waals surface area contributed by atoms with Gasteiger partial charge < -0.3 is 90.7 Å². The van der Waals surface area contributed by atoms with Crippen LogP contribution in [0.1, 0.15) is 157 Å². The molecule has 7 amide bonds. The van der Waals surface area contributed by atoms with Gasteiger partial charge in [0.15, 0.2) is 6.23 Å². The number of benzene rings is 1. The molecule has 2 aromatic rings. The van der Waals surface area contributed by atoms with Crippen LogP contribution in [0.15, 0.2) is 67.8 Å². The van der Waals surface area contributed by atoms with E-state index in [1.165, 1.54) is 17.8 Å². The number of phosphoric acid groups is 1. The van der Waals surface area contributed by atoms with E-state index >= 15 is 0 Å². The Hall–Kier alpha value is -6.53. The van der Waals surface area contributed by atoms with Crippen LogP contribution in [-0.2, 0) is 68.7 Å². The van der Waals surface area contributed by atoms with Crippen molar-refractivity contribution in [2.75, 3.05) is 26.7 Å². The second-order valence-electron chi connectivity index (χ2n) is 27.9. The van der Waals surface area contributed by atoms with Gasteiger partial charge in [-0.2, -0.15) is 12.1 Å². The molecule has 28 nitrogen and oxygen atoms in total. The summed E-state index contributed by atoms with van der Waals surface area (Å²) in [7, 11) is -3.40.